The highest BCUT2D eigenvalue weighted by Gasteiger charge is 2.16. The average molecular weight is 330 g/mol. The Kier molecular flexibility index (Phi) is 6.31. The van der Waals surface area contributed by atoms with Gasteiger partial charge in [0.05, 0.1) is 25.4 Å². The van der Waals surface area contributed by atoms with Gasteiger partial charge >= 0.3 is 0 Å². The minimum Gasteiger partial charge on any atom is -0.496 e. The molecule has 4 nitrogen and oxygen atoms in total. The Morgan fingerprint density at radius 3 is 2.68 bits per heavy atom. The molecule has 0 atom stereocenters. The molecule has 0 N–H and O–H groups in total. The van der Waals surface area contributed by atoms with Crippen LogP contribution < -0.4 is 4.74 Å². The van der Waals surface area contributed by atoms with Crippen molar-refractivity contribution in [3.8, 4) is 5.75 Å². The average Bonchev–Trinajstić information content (AvgIpc) is 2.37. The fourth-order valence-electron chi connectivity index (χ4n) is 1.57. The first-order chi connectivity index (χ1) is 8.95. The van der Waals surface area contributed by atoms with Gasteiger partial charge in [-0.25, -0.2) is 0 Å². The molecule has 1 amide bonds. The Morgan fingerprint density at radius 1 is 1.42 bits per heavy atom. The molecule has 0 saturated heterocycles. The van der Waals surface area contributed by atoms with Crippen LogP contribution in [0, 0.1) is 0 Å². The van der Waals surface area contributed by atoms with Crippen LogP contribution in [0.3, 0.4) is 0 Å². The number of halogens is 1. The first-order valence-corrected chi connectivity index (χ1v) is 6.95. The van der Waals surface area contributed by atoms with E-state index >= 15 is 0 Å². The summed E-state index contributed by atoms with van der Waals surface area (Å²) in [5.41, 5.74) is 0.553. The molecule has 0 aliphatic heterocycles. The summed E-state index contributed by atoms with van der Waals surface area (Å²) >= 11 is 3.36. The van der Waals surface area contributed by atoms with Crippen molar-refractivity contribution in [3.63, 3.8) is 0 Å². The fraction of sp³-hybridized carbons (Fsp3) is 0.500. The lowest BCUT2D eigenvalue weighted by Gasteiger charge is -2.19. The van der Waals surface area contributed by atoms with Crippen molar-refractivity contribution in [2.45, 2.75) is 20.0 Å². The number of rotatable bonds is 6. The third-order valence-electron chi connectivity index (χ3n) is 2.62. The monoisotopic (exact) mass is 329 g/mol. The molecular formula is C14H20BrNO3. The molecule has 0 heterocycles. The zero-order valence-corrected chi connectivity index (χ0v) is 13.4. The Balaban J connectivity index is 2.71. The number of amides is 1. The van der Waals surface area contributed by atoms with Gasteiger partial charge in [0, 0.05) is 18.1 Å². The van der Waals surface area contributed by atoms with Gasteiger partial charge in [-0.1, -0.05) is 15.9 Å². The van der Waals surface area contributed by atoms with Crippen molar-refractivity contribution in [3.05, 3.63) is 28.2 Å². The SMILES string of the molecule is COc1cc(Br)ccc1C(=O)N(C)CCOC(C)C. The summed E-state index contributed by atoms with van der Waals surface area (Å²) in [7, 11) is 3.31. The molecule has 0 aliphatic rings. The molecule has 19 heavy (non-hydrogen) atoms. The van der Waals surface area contributed by atoms with Crippen LogP contribution in [0.2, 0.25) is 0 Å². The van der Waals surface area contributed by atoms with Gasteiger partial charge in [-0.15, -0.1) is 0 Å². The van der Waals surface area contributed by atoms with Crippen LogP contribution in [0.15, 0.2) is 22.7 Å². The van der Waals surface area contributed by atoms with Gasteiger partial charge in [0.15, 0.2) is 0 Å². The Bertz CT molecular complexity index is 435. The van der Waals surface area contributed by atoms with Crippen molar-refractivity contribution in [2.24, 2.45) is 0 Å². The Hall–Kier alpha value is -1.07. The lowest BCUT2D eigenvalue weighted by molar-refractivity contribution is 0.0530. The Morgan fingerprint density at radius 2 is 2.11 bits per heavy atom. The predicted octanol–water partition coefficient (Wildman–Crippen LogP) is 2.95. The maximum atomic E-state index is 12.3. The van der Waals surface area contributed by atoms with E-state index in [4.69, 9.17) is 9.47 Å². The van der Waals surface area contributed by atoms with Gasteiger partial charge in [0.1, 0.15) is 5.75 Å². The number of benzene rings is 1. The first-order valence-electron chi connectivity index (χ1n) is 6.16. The summed E-state index contributed by atoms with van der Waals surface area (Å²) in [6, 6.07) is 5.37. The molecule has 106 valence electrons. The van der Waals surface area contributed by atoms with Crippen molar-refractivity contribution in [1.82, 2.24) is 4.90 Å². The number of likely N-dealkylation sites (N-methyl/N-ethyl adjacent to an activating group) is 1. The zero-order chi connectivity index (χ0) is 14.4. The number of nitrogens with zero attached hydrogens (tertiary/aromatic N) is 1. The highest BCUT2D eigenvalue weighted by Crippen LogP contribution is 2.24. The van der Waals surface area contributed by atoms with Gasteiger partial charge in [-0.3, -0.25) is 4.79 Å². The van der Waals surface area contributed by atoms with Crippen molar-refractivity contribution < 1.29 is 14.3 Å². The summed E-state index contributed by atoms with van der Waals surface area (Å²) in [5, 5.41) is 0. The van der Waals surface area contributed by atoms with Crippen LogP contribution in [-0.4, -0.2) is 44.2 Å². The molecule has 0 aromatic heterocycles. The van der Waals surface area contributed by atoms with Gasteiger partial charge < -0.3 is 14.4 Å². The van der Waals surface area contributed by atoms with Crippen molar-refractivity contribution in [2.75, 3.05) is 27.3 Å². The molecule has 0 fully saturated rings. The molecule has 1 aromatic rings. The van der Waals surface area contributed by atoms with E-state index in [2.05, 4.69) is 15.9 Å². The third-order valence-corrected chi connectivity index (χ3v) is 3.11. The first kappa shape index (κ1) is 16.0. The number of methoxy groups -OCH3 is 1. The van der Waals surface area contributed by atoms with Crippen molar-refractivity contribution >= 4 is 21.8 Å². The summed E-state index contributed by atoms with van der Waals surface area (Å²) < 4.78 is 11.6. The number of carbonyl (C=O) groups is 1. The maximum Gasteiger partial charge on any atom is 0.257 e. The normalized spacial score (nSPS) is 10.6. The molecule has 0 aliphatic carbocycles. The molecule has 0 saturated carbocycles. The second-order valence-electron chi connectivity index (χ2n) is 4.49. The zero-order valence-electron chi connectivity index (χ0n) is 11.8. The predicted molar refractivity (Wildman–Crippen MR) is 78.7 cm³/mol. The van der Waals surface area contributed by atoms with Gasteiger partial charge in [-0.05, 0) is 32.0 Å². The van der Waals surface area contributed by atoms with Gasteiger partial charge in [-0.2, -0.15) is 0 Å². The van der Waals surface area contributed by atoms with E-state index < -0.39 is 0 Å². The molecule has 0 radical (unpaired) electrons. The standard InChI is InChI=1S/C14H20BrNO3/c1-10(2)19-8-7-16(3)14(17)12-6-5-11(15)9-13(12)18-4/h5-6,9-10H,7-8H2,1-4H3. The van der Waals surface area contributed by atoms with Crippen LogP contribution in [0.1, 0.15) is 24.2 Å². The smallest absolute Gasteiger partial charge is 0.257 e. The van der Waals surface area contributed by atoms with Gasteiger partial charge in [0.2, 0.25) is 0 Å². The van der Waals surface area contributed by atoms with Crippen LogP contribution in [0.25, 0.3) is 0 Å². The minimum absolute atomic E-state index is 0.0725. The van der Waals surface area contributed by atoms with Crippen LogP contribution in [0.4, 0.5) is 0 Å². The number of hydrogen-bond acceptors (Lipinski definition) is 3. The van der Waals surface area contributed by atoms with Crippen LogP contribution in [-0.2, 0) is 4.74 Å². The van der Waals surface area contributed by atoms with E-state index in [0.29, 0.717) is 24.5 Å². The maximum absolute atomic E-state index is 12.3. The van der Waals surface area contributed by atoms with Crippen molar-refractivity contribution in [1.29, 1.82) is 0 Å². The topological polar surface area (TPSA) is 38.8 Å². The summed E-state index contributed by atoms with van der Waals surface area (Å²) in [6.45, 7) is 5.02. The van der Waals surface area contributed by atoms with E-state index in [9.17, 15) is 4.79 Å². The molecule has 0 bridgehead atoms. The molecule has 1 rings (SSSR count). The van der Waals surface area contributed by atoms with Crippen LogP contribution in [0.5, 0.6) is 5.75 Å². The van der Waals surface area contributed by atoms with E-state index in [-0.39, 0.29) is 12.0 Å². The summed E-state index contributed by atoms with van der Waals surface area (Å²) in [6.07, 6.45) is 0.172. The Labute approximate surface area is 122 Å². The lowest BCUT2D eigenvalue weighted by Crippen LogP contribution is -2.31. The molecule has 5 heteroatoms. The fourth-order valence-corrected chi connectivity index (χ4v) is 1.91. The number of hydrogen-bond donors (Lipinski definition) is 0. The number of ether oxygens (including phenoxy) is 2. The van der Waals surface area contributed by atoms with E-state index in [1.807, 2.05) is 19.9 Å². The molecule has 0 unspecified atom stereocenters. The quantitative estimate of drug-likeness (QED) is 0.805. The summed E-state index contributed by atoms with van der Waals surface area (Å²) in [5.74, 6) is 0.493. The van der Waals surface area contributed by atoms with E-state index in [1.165, 1.54) is 0 Å². The largest absolute Gasteiger partial charge is 0.496 e. The van der Waals surface area contributed by atoms with Crippen LogP contribution >= 0.6 is 15.9 Å². The van der Waals surface area contributed by atoms with E-state index in [1.54, 1.807) is 31.2 Å². The third kappa shape index (κ3) is 4.84. The highest BCUT2D eigenvalue weighted by atomic mass is 79.9. The lowest BCUT2D eigenvalue weighted by atomic mass is 10.2. The minimum atomic E-state index is -0.0725. The molecular weight excluding hydrogens is 310 g/mol. The second-order valence-corrected chi connectivity index (χ2v) is 5.41. The number of carbonyl (C=O) groups excluding carboxylic acids is 1. The highest BCUT2D eigenvalue weighted by molar-refractivity contribution is 9.10. The second kappa shape index (κ2) is 7.50. The van der Waals surface area contributed by atoms with E-state index in [0.717, 1.165) is 4.47 Å². The molecule has 0 spiro atoms. The molecule has 1 aromatic carbocycles. The van der Waals surface area contributed by atoms with Gasteiger partial charge in [0.25, 0.3) is 5.91 Å². The summed E-state index contributed by atoms with van der Waals surface area (Å²) in [4.78, 5) is 13.9.